The third kappa shape index (κ3) is 5.90. The van der Waals surface area contributed by atoms with Gasteiger partial charge in [-0.3, -0.25) is 4.79 Å². The summed E-state index contributed by atoms with van der Waals surface area (Å²) in [4.78, 5) is 23.6. The Morgan fingerprint density at radius 2 is 1.57 bits per heavy atom. The van der Waals surface area contributed by atoms with Gasteiger partial charge in [-0.25, -0.2) is 17.9 Å². The first-order valence-electron chi connectivity index (χ1n) is 10.00. The monoisotopic (exact) mass is 430 g/mol. The minimum atomic E-state index is -3.50. The van der Waals surface area contributed by atoms with E-state index in [0.29, 0.717) is 13.1 Å². The summed E-state index contributed by atoms with van der Waals surface area (Å²) >= 11 is 0. The van der Waals surface area contributed by atoms with Crippen LogP contribution in [0.4, 0.5) is 0 Å². The number of sulfonamides is 1. The zero-order valence-corrected chi connectivity index (χ0v) is 17.4. The van der Waals surface area contributed by atoms with E-state index in [2.05, 4.69) is 10.0 Å². The molecule has 0 spiro atoms. The van der Waals surface area contributed by atoms with E-state index in [9.17, 15) is 18.0 Å². The van der Waals surface area contributed by atoms with E-state index < -0.39 is 16.0 Å². The number of benzene rings is 2. The number of hydrogen-bond acceptors (Lipinski definition) is 4. The van der Waals surface area contributed by atoms with Crippen molar-refractivity contribution in [2.75, 3.05) is 6.54 Å². The molecule has 2 aromatic carbocycles. The summed E-state index contributed by atoms with van der Waals surface area (Å²) in [7, 11) is -3.50. The van der Waals surface area contributed by atoms with E-state index in [-0.39, 0.29) is 28.2 Å². The molecular weight excluding hydrogens is 404 g/mol. The topological polar surface area (TPSA) is 113 Å². The zero-order chi connectivity index (χ0) is 21.6. The number of hydrogen-bond donors (Lipinski definition) is 3. The molecule has 0 aliphatic heterocycles. The van der Waals surface area contributed by atoms with Crippen molar-refractivity contribution in [1.29, 1.82) is 0 Å². The van der Waals surface area contributed by atoms with Gasteiger partial charge in [-0.15, -0.1) is 0 Å². The molecule has 0 aromatic heterocycles. The van der Waals surface area contributed by atoms with Crippen LogP contribution in [0, 0.1) is 11.8 Å². The van der Waals surface area contributed by atoms with Gasteiger partial charge in [0.25, 0.3) is 0 Å². The number of carbonyl (C=O) groups excluding carboxylic acids is 1. The van der Waals surface area contributed by atoms with Crippen LogP contribution in [0.15, 0.2) is 59.5 Å². The van der Waals surface area contributed by atoms with Gasteiger partial charge in [0.2, 0.25) is 15.9 Å². The molecule has 1 saturated carbocycles. The van der Waals surface area contributed by atoms with E-state index in [4.69, 9.17) is 5.11 Å². The second kappa shape index (κ2) is 9.86. The number of amides is 1. The predicted octanol–water partition coefficient (Wildman–Crippen LogP) is 2.79. The Balaban J connectivity index is 1.41. The molecule has 0 atom stereocenters. The maximum atomic E-state index is 12.4. The molecule has 0 radical (unpaired) electrons. The third-order valence-electron chi connectivity index (χ3n) is 5.50. The van der Waals surface area contributed by atoms with Crippen LogP contribution in [0.25, 0.3) is 0 Å². The van der Waals surface area contributed by atoms with Crippen molar-refractivity contribution < 1.29 is 23.1 Å². The van der Waals surface area contributed by atoms with Crippen molar-refractivity contribution in [3.05, 3.63) is 65.7 Å². The number of nitrogens with one attached hydrogen (secondary N) is 2. The molecule has 8 heteroatoms. The van der Waals surface area contributed by atoms with E-state index in [1.807, 2.05) is 0 Å². The number of carboxylic acids is 1. The standard InChI is InChI=1S/C22H26N2O5S/c25-21(23-14-16-8-12-19(13-9-16)22(26)27)18-10-6-17(7-11-18)15-24-30(28,29)20-4-2-1-3-5-20/h1-5,8-9,12-13,17-18,24H,6-7,10-11,14-15H2,(H,23,25)(H,26,27). The molecule has 1 amide bonds. The molecule has 1 aliphatic rings. The molecule has 7 nitrogen and oxygen atoms in total. The van der Waals surface area contributed by atoms with Crippen molar-refractivity contribution in [1.82, 2.24) is 10.0 Å². The lowest BCUT2D eigenvalue weighted by Crippen LogP contribution is -2.36. The lowest BCUT2D eigenvalue weighted by atomic mass is 9.81. The van der Waals surface area contributed by atoms with E-state index in [0.717, 1.165) is 31.2 Å². The Bertz CT molecular complexity index is 966. The van der Waals surface area contributed by atoms with E-state index in [1.165, 1.54) is 12.1 Å². The number of rotatable bonds is 8. The predicted molar refractivity (Wildman–Crippen MR) is 112 cm³/mol. The SMILES string of the molecule is O=C(O)c1ccc(CNC(=O)C2CCC(CNS(=O)(=O)c3ccccc3)CC2)cc1. The smallest absolute Gasteiger partial charge is 0.335 e. The normalized spacial score (nSPS) is 19.2. The second-order valence-electron chi connectivity index (χ2n) is 7.60. The largest absolute Gasteiger partial charge is 0.478 e. The molecule has 160 valence electrons. The third-order valence-corrected chi connectivity index (χ3v) is 6.94. The molecule has 0 saturated heterocycles. The highest BCUT2D eigenvalue weighted by atomic mass is 32.2. The summed E-state index contributed by atoms with van der Waals surface area (Å²) in [6.07, 6.45) is 3.04. The zero-order valence-electron chi connectivity index (χ0n) is 16.6. The Morgan fingerprint density at radius 1 is 0.933 bits per heavy atom. The molecule has 0 bridgehead atoms. The minimum absolute atomic E-state index is 0.0133. The van der Waals surface area contributed by atoms with Gasteiger partial charge < -0.3 is 10.4 Å². The van der Waals surface area contributed by atoms with Gasteiger partial charge >= 0.3 is 5.97 Å². The first-order valence-corrected chi connectivity index (χ1v) is 11.5. The fourth-order valence-corrected chi connectivity index (χ4v) is 4.78. The Labute approximate surface area is 176 Å². The average Bonchev–Trinajstić information content (AvgIpc) is 2.77. The molecule has 0 unspecified atom stereocenters. The highest BCUT2D eigenvalue weighted by molar-refractivity contribution is 7.89. The van der Waals surface area contributed by atoms with Crippen LogP contribution >= 0.6 is 0 Å². The molecule has 2 aromatic rings. The van der Waals surface area contributed by atoms with Gasteiger partial charge in [-0.1, -0.05) is 30.3 Å². The molecule has 1 aliphatic carbocycles. The Hall–Kier alpha value is -2.71. The number of carbonyl (C=O) groups is 2. The lowest BCUT2D eigenvalue weighted by Gasteiger charge is -2.28. The van der Waals surface area contributed by atoms with E-state index >= 15 is 0 Å². The van der Waals surface area contributed by atoms with Gasteiger partial charge in [0, 0.05) is 19.0 Å². The lowest BCUT2D eigenvalue weighted by molar-refractivity contribution is -0.126. The summed E-state index contributed by atoms with van der Waals surface area (Å²) in [5, 5.41) is 11.8. The first-order chi connectivity index (χ1) is 14.3. The molecule has 30 heavy (non-hydrogen) atoms. The van der Waals surface area contributed by atoms with Gasteiger partial charge in [0.05, 0.1) is 10.5 Å². The van der Waals surface area contributed by atoms with Gasteiger partial charge in [0.1, 0.15) is 0 Å². The highest BCUT2D eigenvalue weighted by Gasteiger charge is 2.27. The van der Waals surface area contributed by atoms with Crippen LogP contribution in [0.5, 0.6) is 0 Å². The van der Waals surface area contributed by atoms with Crippen LogP contribution in [0.2, 0.25) is 0 Å². The first kappa shape index (κ1) is 22.0. The quantitative estimate of drug-likeness (QED) is 0.596. The van der Waals surface area contributed by atoms with Crippen molar-refractivity contribution >= 4 is 21.9 Å². The molecular formula is C22H26N2O5S. The number of aromatic carboxylic acids is 1. The van der Waals surface area contributed by atoms with Crippen molar-refractivity contribution in [2.24, 2.45) is 11.8 Å². The fraction of sp³-hybridized carbons (Fsp3) is 0.364. The average molecular weight is 431 g/mol. The minimum Gasteiger partial charge on any atom is -0.478 e. The Morgan fingerprint density at radius 3 is 2.17 bits per heavy atom. The van der Waals surface area contributed by atoms with Crippen LogP contribution < -0.4 is 10.0 Å². The summed E-state index contributed by atoms with van der Waals surface area (Å²) in [6.45, 7) is 0.733. The molecule has 1 fully saturated rings. The maximum absolute atomic E-state index is 12.4. The van der Waals surface area contributed by atoms with Crippen LogP contribution in [0.1, 0.15) is 41.6 Å². The van der Waals surface area contributed by atoms with Crippen molar-refractivity contribution in [2.45, 2.75) is 37.1 Å². The van der Waals surface area contributed by atoms with Crippen molar-refractivity contribution in [3.8, 4) is 0 Å². The van der Waals surface area contributed by atoms with Crippen LogP contribution in [0.3, 0.4) is 0 Å². The highest BCUT2D eigenvalue weighted by Crippen LogP contribution is 2.29. The maximum Gasteiger partial charge on any atom is 0.335 e. The fourth-order valence-electron chi connectivity index (χ4n) is 3.64. The van der Waals surface area contributed by atoms with E-state index in [1.54, 1.807) is 42.5 Å². The summed E-state index contributed by atoms with van der Waals surface area (Å²) in [5.74, 6) is -0.851. The molecule has 3 rings (SSSR count). The summed E-state index contributed by atoms with van der Waals surface area (Å²) in [6, 6.07) is 14.7. The number of carboxylic acid groups (broad SMARTS) is 1. The van der Waals surface area contributed by atoms with Gasteiger partial charge in [0.15, 0.2) is 0 Å². The van der Waals surface area contributed by atoms with Crippen LogP contribution in [-0.4, -0.2) is 31.9 Å². The van der Waals surface area contributed by atoms with Crippen molar-refractivity contribution in [3.63, 3.8) is 0 Å². The molecule has 0 heterocycles. The molecule has 3 N–H and O–H groups in total. The van der Waals surface area contributed by atoms with Gasteiger partial charge in [-0.2, -0.15) is 0 Å². The summed E-state index contributed by atoms with van der Waals surface area (Å²) < 4.78 is 27.3. The Kier molecular flexibility index (Phi) is 7.23. The summed E-state index contributed by atoms with van der Waals surface area (Å²) in [5.41, 5.74) is 1.06. The van der Waals surface area contributed by atoms with Crippen LogP contribution in [-0.2, 0) is 21.4 Å². The second-order valence-corrected chi connectivity index (χ2v) is 9.37. The van der Waals surface area contributed by atoms with Gasteiger partial charge in [-0.05, 0) is 61.4 Å².